The predicted molar refractivity (Wildman–Crippen MR) is 27.5 cm³/mol. The Kier molecular flexibility index (Phi) is 0.970. The third-order valence-corrected chi connectivity index (χ3v) is 0.981. The van der Waals surface area contributed by atoms with Crippen molar-refractivity contribution in [3.63, 3.8) is 0 Å². The fraction of sp³-hybridized carbons (Fsp3) is 0.333. The highest BCUT2D eigenvalue weighted by Gasteiger charge is 2.00. The number of allylic oxidation sites excluding steroid dienone is 4. The Balaban J connectivity index is 2.69. The number of halogens is 1. The summed E-state index contributed by atoms with van der Waals surface area (Å²) in [5.74, 6) is 0.201. The van der Waals surface area contributed by atoms with Crippen LogP contribution in [0.1, 0.15) is 6.92 Å². The molecule has 38 valence electrons. The van der Waals surface area contributed by atoms with Crippen LogP contribution in [0.15, 0.2) is 24.1 Å². The summed E-state index contributed by atoms with van der Waals surface area (Å²) in [6, 6.07) is 0. The third-order valence-electron chi connectivity index (χ3n) is 0.981. The van der Waals surface area contributed by atoms with E-state index in [1.54, 1.807) is 6.08 Å². The van der Waals surface area contributed by atoms with Crippen LogP contribution in [0.2, 0.25) is 0 Å². The molecule has 1 aliphatic carbocycles. The molecule has 0 radical (unpaired) electrons. The minimum atomic E-state index is -0.104. The van der Waals surface area contributed by atoms with Crippen molar-refractivity contribution in [3.05, 3.63) is 24.1 Å². The number of rotatable bonds is 0. The molecule has 1 atom stereocenters. The van der Waals surface area contributed by atoms with Crippen LogP contribution >= 0.6 is 0 Å². The Labute approximate surface area is 42.3 Å². The quantitative estimate of drug-likeness (QED) is 0.435. The first kappa shape index (κ1) is 4.57. The lowest BCUT2D eigenvalue weighted by molar-refractivity contribution is 0.664. The molecule has 1 heteroatoms. The molecular formula is C6H7F. The van der Waals surface area contributed by atoms with Crippen molar-refractivity contribution in [2.75, 3.05) is 0 Å². The van der Waals surface area contributed by atoms with E-state index >= 15 is 0 Å². The molecule has 0 fully saturated rings. The molecule has 0 saturated carbocycles. The van der Waals surface area contributed by atoms with E-state index in [4.69, 9.17) is 0 Å². The first-order chi connectivity index (χ1) is 3.29. The van der Waals surface area contributed by atoms with Gasteiger partial charge in [-0.05, 0) is 18.1 Å². The van der Waals surface area contributed by atoms with E-state index in [-0.39, 0.29) is 5.83 Å². The van der Waals surface area contributed by atoms with Crippen molar-refractivity contribution in [1.29, 1.82) is 0 Å². The Morgan fingerprint density at radius 1 is 1.71 bits per heavy atom. The van der Waals surface area contributed by atoms with Crippen LogP contribution < -0.4 is 0 Å². The van der Waals surface area contributed by atoms with Gasteiger partial charge in [-0.1, -0.05) is 13.0 Å². The average Bonchev–Trinajstić information content (AvgIpc) is 1.87. The van der Waals surface area contributed by atoms with Crippen LogP contribution in [0, 0.1) is 5.92 Å². The standard InChI is InChI=1S/C6H7F/c1-5-2-3-6(7)4-5/h2-5H,1H3/t5-/m0/s1. The molecule has 0 spiro atoms. The van der Waals surface area contributed by atoms with Crippen LogP contribution in [0.25, 0.3) is 0 Å². The normalized spacial score (nSPS) is 28.3. The highest BCUT2D eigenvalue weighted by Crippen LogP contribution is 2.14. The van der Waals surface area contributed by atoms with Crippen molar-refractivity contribution < 1.29 is 4.39 Å². The van der Waals surface area contributed by atoms with Gasteiger partial charge in [-0.25, -0.2) is 4.39 Å². The van der Waals surface area contributed by atoms with Gasteiger partial charge in [-0.15, -0.1) is 0 Å². The maximum atomic E-state index is 11.9. The number of hydrogen-bond acceptors (Lipinski definition) is 0. The molecule has 0 aromatic carbocycles. The van der Waals surface area contributed by atoms with Crippen LogP contribution in [0.4, 0.5) is 4.39 Å². The molecule has 0 N–H and O–H groups in total. The molecule has 1 rings (SSSR count). The summed E-state index contributed by atoms with van der Waals surface area (Å²) in [5.41, 5.74) is 0. The molecule has 0 aromatic heterocycles. The summed E-state index contributed by atoms with van der Waals surface area (Å²) in [6.45, 7) is 1.95. The second kappa shape index (κ2) is 1.49. The van der Waals surface area contributed by atoms with Crippen molar-refractivity contribution in [3.8, 4) is 0 Å². The lowest BCUT2D eigenvalue weighted by atomic mass is 10.2. The number of hydrogen-bond donors (Lipinski definition) is 0. The van der Waals surface area contributed by atoms with E-state index in [2.05, 4.69) is 0 Å². The maximum absolute atomic E-state index is 11.9. The molecule has 0 saturated heterocycles. The Bertz CT molecular complexity index is 122. The highest BCUT2D eigenvalue weighted by atomic mass is 19.1. The molecule has 0 bridgehead atoms. The fourth-order valence-electron chi connectivity index (χ4n) is 0.606. The summed E-state index contributed by atoms with van der Waals surface area (Å²) in [5, 5.41) is 0. The van der Waals surface area contributed by atoms with Gasteiger partial charge in [-0.3, -0.25) is 0 Å². The van der Waals surface area contributed by atoms with Gasteiger partial charge in [0.05, 0.1) is 0 Å². The van der Waals surface area contributed by atoms with Crippen molar-refractivity contribution in [1.82, 2.24) is 0 Å². The van der Waals surface area contributed by atoms with Gasteiger partial charge < -0.3 is 0 Å². The second-order valence-corrected chi connectivity index (χ2v) is 1.77. The summed E-state index contributed by atoms with van der Waals surface area (Å²) >= 11 is 0. The molecular weight excluding hydrogens is 91.1 g/mol. The van der Waals surface area contributed by atoms with E-state index < -0.39 is 0 Å². The third kappa shape index (κ3) is 0.889. The van der Waals surface area contributed by atoms with Crippen LogP contribution in [0.3, 0.4) is 0 Å². The van der Waals surface area contributed by atoms with E-state index in [9.17, 15) is 4.39 Å². The minimum Gasteiger partial charge on any atom is -0.207 e. The van der Waals surface area contributed by atoms with E-state index in [0.29, 0.717) is 5.92 Å². The monoisotopic (exact) mass is 98.1 g/mol. The lowest BCUT2D eigenvalue weighted by Gasteiger charge is -1.84. The first-order valence-corrected chi connectivity index (χ1v) is 2.34. The molecule has 0 aliphatic heterocycles. The summed E-state index contributed by atoms with van der Waals surface area (Å²) in [6.07, 6.45) is 4.90. The molecule has 0 nitrogen and oxygen atoms in total. The Morgan fingerprint density at radius 3 is 2.57 bits per heavy atom. The fourth-order valence-corrected chi connectivity index (χ4v) is 0.606. The van der Waals surface area contributed by atoms with Crippen LogP contribution in [-0.4, -0.2) is 0 Å². The van der Waals surface area contributed by atoms with Gasteiger partial charge in [0.1, 0.15) is 5.83 Å². The first-order valence-electron chi connectivity index (χ1n) is 2.34. The van der Waals surface area contributed by atoms with Crippen LogP contribution in [0.5, 0.6) is 0 Å². The predicted octanol–water partition coefficient (Wildman–Crippen LogP) is 2.05. The topological polar surface area (TPSA) is 0 Å². The summed E-state index contributed by atoms with van der Waals surface area (Å²) in [4.78, 5) is 0. The lowest BCUT2D eigenvalue weighted by Crippen LogP contribution is -1.72. The van der Waals surface area contributed by atoms with Crippen molar-refractivity contribution >= 4 is 0 Å². The van der Waals surface area contributed by atoms with Gasteiger partial charge >= 0.3 is 0 Å². The van der Waals surface area contributed by atoms with Crippen molar-refractivity contribution in [2.45, 2.75) is 6.92 Å². The second-order valence-electron chi connectivity index (χ2n) is 1.77. The highest BCUT2D eigenvalue weighted by molar-refractivity contribution is 5.22. The van der Waals surface area contributed by atoms with Gasteiger partial charge in [0, 0.05) is 0 Å². The zero-order valence-electron chi connectivity index (χ0n) is 4.19. The smallest absolute Gasteiger partial charge is 0.119 e. The maximum Gasteiger partial charge on any atom is 0.119 e. The minimum absolute atomic E-state index is 0.104. The SMILES string of the molecule is C[C@H]1C=CC(F)=C1. The molecule has 0 amide bonds. The Morgan fingerprint density at radius 2 is 2.43 bits per heavy atom. The van der Waals surface area contributed by atoms with E-state index in [1.807, 2.05) is 13.0 Å². The zero-order valence-corrected chi connectivity index (χ0v) is 4.19. The zero-order chi connectivity index (χ0) is 5.28. The van der Waals surface area contributed by atoms with Gasteiger partial charge in [0.2, 0.25) is 0 Å². The van der Waals surface area contributed by atoms with E-state index in [1.165, 1.54) is 6.08 Å². The van der Waals surface area contributed by atoms with Gasteiger partial charge in [0.15, 0.2) is 0 Å². The average molecular weight is 98.1 g/mol. The molecule has 0 aromatic rings. The van der Waals surface area contributed by atoms with Gasteiger partial charge in [-0.2, -0.15) is 0 Å². The summed E-state index contributed by atoms with van der Waals surface area (Å²) in [7, 11) is 0. The van der Waals surface area contributed by atoms with E-state index in [0.717, 1.165) is 0 Å². The van der Waals surface area contributed by atoms with Gasteiger partial charge in [0.25, 0.3) is 0 Å². The Hall–Kier alpha value is -0.590. The molecule has 0 unspecified atom stereocenters. The summed E-state index contributed by atoms with van der Waals surface area (Å²) < 4.78 is 11.9. The van der Waals surface area contributed by atoms with Crippen molar-refractivity contribution in [2.24, 2.45) is 5.92 Å². The molecule has 1 aliphatic rings. The largest absolute Gasteiger partial charge is 0.207 e. The molecule has 0 heterocycles. The molecule has 7 heavy (non-hydrogen) atoms. The van der Waals surface area contributed by atoms with Crippen LogP contribution in [-0.2, 0) is 0 Å².